The molecule has 0 unspecified atom stereocenters. The first-order valence-electron chi connectivity index (χ1n) is 5.73. The third-order valence-electron chi connectivity index (χ3n) is 2.81. The van der Waals surface area contributed by atoms with E-state index in [0.717, 1.165) is 13.1 Å². The summed E-state index contributed by atoms with van der Waals surface area (Å²) in [6.07, 6.45) is 0. The van der Waals surface area contributed by atoms with Crippen LogP contribution < -0.4 is 10.1 Å². The van der Waals surface area contributed by atoms with Gasteiger partial charge in [-0.05, 0) is 12.1 Å². The van der Waals surface area contributed by atoms with Gasteiger partial charge in [0.2, 0.25) is 11.7 Å². The van der Waals surface area contributed by atoms with Crippen molar-refractivity contribution in [1.82, 2.24) is 15.5 Å². The Balaban J connectivity index is 1.63. The third kappa shape index (κ3) is 2.32. The van der Waals surface area contributed by atoms with Crippen molar-refractivity contribution < 1.29 is 9.26 Å². The molecule has 5 nitrogen and oxygen atoms in total. The van der Waals surface area contributed by atoms with Crippen molar-refractivity contribution in [2.24, 2.45) is 0 Å². The van der Waals surface area contributed by atoms with Crippen molar-refractivity contribution in [3.63, 3.8) is 0 Å². The summed E-state index contributed by atoms with van der Waals surface area (Å²) in [4.78, 5) is 4.29. The van der Waals surface area contributed by atoms with Crippen LogP contribution in [0.25, 0.3) is 0 Å². The van der Waals surface area contributed by atoms with E-state index in [-0.39, 0.29) is 6.61 Å². The Labute approximate surface area is 109 Å². The maximum atomic E-state index is 5.98. The molecule has 0 saturated carbocycles. The maximum absolute atomic E-state index is 5.98. The molecule has 0 spiro atoms. The van der Waals surface area contributed by atoms with Gasteiger partial charge >= 0.3 is 0 Å². The summed E-state index contributed by atoms with van der Waals surface area (Å²) in [5, 5.41) is 7.61. The summed E-state index contributed by atoms with van der Waals surface area (Å²) in [5.41, 5.74) is 0. The fourth-order valence-corrected chi connectivity index (χ4v) is 1.85. The van der Waals surface area contributed by atoms with Crippen LogP contribution in [0.3, 0.4) is 0 Å². The van der Waals surface area contributed by atoms with E-state index in [4.69, 9.17) is 20.9 Å². The minimum atomic E-state index is 0.257. The Kier molecular flexibility index (Phi) is 3.17. The van der Waals surface area contributed by atoms with Crippen LogP contribution in [0.1, 0.15) is 17.6 Å². The lowest BCUT2D eigenvalue weighted by Crippen LogP contribution is -2.40. The van der Waals surface area contributed by atoms with E-state index >= 15 is 0 Å². The Morgan fingerprint density at radius 3 is 2.94 bits per heavy atom. The zero-order valence-electron chi connectivity index (χ0n) is 9.60. The van der Waals surface area contributed by atoms with Gasteiger partial charge < -0.3 is 14.6 Å². The van der Waals surface area contributed by atoms with Crippen LogP contribution in [0.5, 0.6) is 5.75 Å². The van der Waals surface area contributed by atoms with Gasteiger partial charge in [0.1, 0.15) is 5.75 Å². The molecule has 0 amide bonds. The van der Waals surface area contributed by atoms with Gasteiger partial charge in [0.25, 0.3) is 0 Å². The SMILES string of the molecule is Clc1ccccc1OCc1noc(C2CNC2)n1. The number of nitrogens with zero attached hydrogens (tertiary/aromatic N) is 2. The van der Waals surface area contributed by atoms with Gasteiger partial charge in [0.05, 0.1) is 10.9 Å². The number of hydrogen-bond donors (Lipinski definition) is 1. The molecule has 0 bridgehead atoms. The highest BCUT2D eigenvalue weighted by molar-refractivity contribution is 6.32. The molecule has 1 N–H and O–H groups in total. The van der Waals surface area contributed by atoms with Crippen LogP contribution in [0.4, 0.5) is 0 Å². The number of nitrogens with one attached hydrogen (secondary N) is 1. The lowest BCUT2D eigenvalue weighted by Gasteiger charge is -2.22. The number of halogens is 1. The van der Waals surface area contributed by atoms with E-state index in [1.165, 1.54) is 0 Å². The van der Waals surface area contributed by atoms with Crippen LogP contribution in [-0.4, -0.2) is 23.2 Å². The van der Waals surface area contributed by atoms with Crippen LogP contribution in [0.15, 0.2) is 28.8 Å². The summed E-state index contributed by atoms with van der Waals surface area (Å²) < 4.78 is 10.7. The molecule has 1 aromatic carbocycles. The fraction of sp³-hybridized carbons (Fsp3) is 0.333. The highest BCUT2D eigenvalue weighted by Crippen LogP contribution is 2.24. The standard InChI is InChI=1S/C12H12ClN3O2/c13-9-3-1-2-4-10(9)17-7-11-15-12(18-16-11)8-5-14-6-8/h1-4,8,14H,5-7H2. The molecular formula is C12H12ClN3O2. The molecule has 94 valence electrons. The van der Waals surface area contributed by atoms with E-state index < -0.39 is 0 Å². The zero-order valence-corrected chi connectivity index (χ0v) is 10.4. The first-order valence-corrected chi connectivity index (χ1v) is 6.11. The molecule has 6 heteroatoms. The maximum Gasteiger partial charge on any atom is 0.232 e. The second-order valence-corrected chi connectivity index (χ2v) is 4.53. The van der Waals surface area contributed by atoms with Gasteiger partial charge in [0, 0.05) is 13.1 Å². The molecule has 1 aromatic heterocycles. The lowest BCUT2D eigenvalue weighted by atomic mass is 10.0. The fourth-order valence-electron chi connectivity index (χ4n) is 1.66. The molecule has 1 saturated heterocycles. The number of aromatic nitrogens is 2. The van der Waals surface area contributed by atoms with E-state index in [9.17, 15) is 0 Å². The second kappa shape index (κ2) is 4.96. The van der Waals surface area contributed by atoms with Gasteiger partial charge in [-0.15, -0.1) is 0 Å². The highest BCUT2D eigenvalue weighted by atomic mass is 35.5. The van der Waals surface area contributed by atoms with Gasteiger partial charge in [-0.1, -0.05) is 28.9 Å². The van der Waals surface area contributed by atoms with Gasteiger partial charge in [-0.2, -0.15) is 4.98 Å². The molecule has 0 radical (unpaired) electrons. The van der Waals surface area contributed by atoms with Gasteiger partial charge in [0.15, 0.2) is 6.61 Å². The number of hydrogen-bond acceptors (Lipinski definition) is 5. The topological polar surface area (TPSA) is 60.2 Å². The molecule has 1 aliphatic heterocycles. The van der Waals surface area contributed by atoms with Crippen LogP contribution in [-0.2, 0) is 6.61 Å². The molecule has 0 aliphatic carbocycles. The van der Waals surface area contributed by atoms with Crippen molar-refractivity contribution in [1.29, 1.82) is 0 Å². The minimum Gasteiger partial charge on any atom is -0.484 e. The number of ether oxygens (including phenoxy) is 1. The largest absolute Gasteiger partial charge is 0.484 e. The first kappa shape index (κ1) is 11.5. The van der Waals surface area contributed by atoms with Crippen molar-refractivity contribution in [3.05, 3.63) is 41.0 Å². The van der Waals surface area contributed by atoms with Crippen molar-refractivity contribution in [2.45, 2.75) is 12.5 Å². The van der Waals surface area contributed by atoms with E-state index in [2.05, 4.69) is 15.5 Å². The van der Waals surface area contributed by atoms with Gasteiger partial charge in [-0.3, -0.25) is 0 Å². The second-order valence-electron chi connectivity index (χ2n) is 4.12. The van der Waals surface area contributed by atoms with Crippen LogP contribution in [0.2, 0.25) is 5.02 Å². The Bertz CT molecular complexity index is 540. The van der Waals surface area contributed by atoms with Crippen LogP contribution >= 0.6 is 11.6 Å². The quantitative estimate of drug-likeness (QED) is 0.916. The molecule has 1 fully saturated rings. The van der Waals surface area contributed by atoms with Crippen molar-refractivity contribution >= 4 is 11.6 Å². The average Bonchev–Trinajstić information content (AvgIpc) is 2.74. The van der Waals surface area contributed by atoms with Crippen LogP contribution in [0, 0.1) is 0 Å². The van der Waals surface area contributed by atoms with E-state index in [0.29, 0.717) is 28.4 Å². The molecular weight excluding hydrogens is 254 g/mol. The molecule has 2 aromatic rings. The van der Waals surface area contributed by atoms with E-state index in [1.54, 1.807) is 12.1 Å². The molecule has 0 atom stereocenters. The molecule has 1 aliphatic rings. The smallest absolute Gasteiger partial charge is 0.232 e. The first-order chi connectivity index (χ1) is 8.83. The summed E-state index contributed by atoms with van der Waals surface area (Å²) in [5.74, 6) is 2.17. The number of rotatable bonds is 4. The highest BCUT2D eigenvalue weighted by Gasteiger charge is 2.25. The molecule has 2 heterocycles. The lowest BCUT2D eigenvalue weighted by molar-refractivity contribution is 0.278. The Morgan fingerprint density at radius 2 is 2.22 bits per heavy atom. The van der Waals surface area contributed by atoms with Crippen molar-refractivity contribution in [3.8, 4) is 5.75 Å². The third-order valence-corrected chi connectivity index (χ3v) is 3.12. The minimum absolute atomic E-state index is 0.257. The normalized spacial score (nSPS) is 15.4. The van der Waals surface area contributed by atoms with Gasteiger partial charge in [-0.25, -0.2) is 0 Å². The Morgan fingerprint density at radius 1 is 1.39 bits per heavy atom. The summed E-state index contributed by atoms with van der Waals surface area (Å²) in [6.45, 7) is 2.05. The van der Waals surface area contributed by atoms with E-state index in [1.807, 2.05) is 12.1 Å². The average molecular weight is 266 g/mol. The molecule has 3 rings (SSSR count). The predicted molar refractivity (Wildman–Crippen MR) is 65.7 cm³/mol. The summed E-state index contributed by atoms with van der Waals surface area (Å²) in [6, 6.07) is 7.30. The summed E-state index contributed by atoms with van der Waals surface area (Å²) >= 11 is 5.98. The monoisotopic (exact) mass is 265 g/mol. The summed E-state index contributed by atoms with van der Waals surface area (Å²) in [7, 11) is 0. The predicted octanol–water partition coefficient (Wildman–Crippen LogP) is 1.99. The van der Waals surface area contributed by atoms with Crippen molar-refractivity contribution in [2.75, 3.05) is 13.1 Å². The number of benzene rings is 1. The Hall–Kier alpha value is -1.59. The number of para-hydroxylation sites is 1. The zero-order chi connectivity index (χ0) is 12.4. The molecule has 18 heavy (non-hydrogen) atoms.